The normalized spacial score (nSPS) is 25.9. The van der Waals surface area contributed by atoms with E-state index in [1.54, 1.807) is 4.72 Å². The Kier molecular flexibility index (Phi) is 6.24. The van der Waals surface area contributed by atoms with Crippen LogP contribution >= 0.6 is 0 Å². The summed E-state index contributed by atoms with van der Waals surface area (Å²) in [6.45, 7) is 3.68. The Balaban J connectivity index is 2.64. The highest BCUT2D eigenvalue weighted by atomic mass is 32.2. The molecule has 0 aromatic heterocycles. The maximum absolute atomic E-state index is 12.1. The third kappa shape index (κ3) is 5.19. The number of halogens is 3. The second kappa shape index (κ2) is 7.06. The SMILES string of the molecule is CCNC1CCN(S(=O)(=O)NCC(F)(F)F)CC1CC. The van der Waals surface area contributed by atoms with Crippen LogP contribution in [0.15, 0.2) is 0 Å². The average molecular weight is 317 g/mol. The summed E-state index contributed by atoms with van der Waals surface area (Å²) in [4.78, 5) is 0. The molecule has 1 rings (SSSR count). The predicted molar refractivity (Wildman–Crippen MR) is 70.4 cm³/mol. The quantitative estimate of drug-likeness (QED) is 0.771. The minimum absolute atomic E-state index is 0.117. The summed E-state index contributed by atoms with van der Waals surface area (Å²) >= 11 is 0. The van der Waals surface area contributed by atoms with Crippen LogP contribution in [0.2, 0.25) is 0 Å². The zero-order valence-corrected chi connectivity index (χ0v) is 12.5. The molecule has 0 aromatic rings. The highest BCUT2D eigenvalue weighted by Crippen LogP contribution is 2.22. The van der Waals surface area contributed by atoms with Gasteiger partial charge in [-0.15, -0.1) is 0 Å². The number of hydrogen-bond donors (Lipinski definition) is 2. The lowest BCUT2D eigenvalue weighted by molar-refractivity contribution is -0.121. The molecule has 1 fully saturated rings. The number of alkyl halides is 3. The Morgan fingerprint density at radius 2 is 1.95 bits per heavy atom. The molecule has 0 aliphatic carbocycles. The molecule has 0 aromatic carbocycles. The zero-order chi connectivity index (χ0) is 15.4. The fourth-order valence-electron chi connectivity index (χ4n) is 2.43. The van der Waals surface area contributed by atoms with E-state index in [4.69, 9.17) is 0 Å². The van der Waals surface area contributed by atoms with E-state index in [-0.39, 0.29) is 25.0 Å². The van der Waals surface area contributed by atoms with Crippen molar-refractivity contribution in [3.8, 4) is 0 Å². The van der Waals surface area contributed by atoms with Gasteiger partial charge >= 0.3 is 6.18 Å². The molecule has 2 N–H and O–H groups in total. The van der Waals surface area contributed by atoms with Crippen molar-refractivity contribution < 1.29 is 21.6 Å². The smallest absolute Gasteiger partial charge is 0.314 e. The summed E-state index contributed by atoms with van der Waals surface area (Å²) in [5, 5.41) is 3.29. The van der Waals surface area contributed by atoms with E-state index < -0.39 is 22.9 Å². The Hall–Kier alpha value is -0.380. The molecule has 2 atom stereocenters. The van der Waals surface area contributed by atoms with Crippen LogP contribution in [-0.4, -0.2) is 51.1 Å². The number of nitrogens with zero attached hydrogens (tertiary/aromatic N) is 1. The van der Waals surface area contributed by atoms with E-state index in [0.29, 0.717) is 6.42 Å². The summed E-state index contributed by atoms with van der Waals surface area (Å²) < 4.78 is 62.7. The van der Waals surface area contributed by atoms with Gasteiger partial charge in [-0.25, -0.2) is 0 Å². The van der Waals surface area contributed by atoms with E-state index in [9.17, 15) is 21.6 Å². The van der Waals surface area contributed by atoms with Crippen LogP contribution in [-0.2, 0) is 10.2 Å². The molecule has 1 saturated heterocycles. The third-order valence-electron chi connectivity index (χ3n) is 3.48. The minimum atomic E-state index is -4.54. The number of piperidine rings is 1. The van der Waals surface area contributed by atoms with Crippen molar-refractivity contribution in [2.45, 2.75) is 38.9 Å². The molecule has 2 unspecified atom stereocenters. The summed E-state index contributed by atoms with van der Waals surface area (Å²) in [6.07, 6.45) is -3.15. The van der Waals surface area contributed by atoms with Crippen molar-refractivity contribution in [1.82, 2.24) is 14.3 Å². The van der Waals surface area contributed by atoms with Crippen LogP contribution in [0, 0.1) is 5.92 Å². The van der Waals surface area contributed by atoms with Gasteiger partial charge in [0.2, 0.25) is 0 Å². The zero-order valence-electron chi connectivity index (χ0n) is 11.7. The van der Waals surface area contributed by atoms with Gasteiger partial charge in [-0.05, 0) is 18.9 Å². The van der Waals surface area contributed by atoms with Gasteiger partial charge in [0.15, 0.2) is 0 Å². The largest absolute Gasteiger partial charge is 0.402 e. The van der Waals surface area contributed by atoms with E-state index in [1.807, 2.05) is 13.8 Å². The fourth-order valence-corrected chi connectivity index (χ4v) is 3.69. The maximum atomic E-state index is 12.1. The highest BCUT2D eigenvalue weighted by Gasteiger charge is 2.36. The van der Waals surface area contributed by atoms with Gasteiger partial charge in [0.05, 0.1) is 0 Å². The Morgan fingerprint density at radius 1 is 1.30 bits per heavy atom. The average Bonchev–Trinajstić information content (AvgIpc) is 2.36. The van der Waals surface area contributed by atoms with Crippen molar-refractivity contribution in [3.05, 3.63) is 0 Å². The van der Waals surface area contributed by atoms with Gasteiger partial charge in [-0.3, -0.25) is 0 Å². The molecule has 0 radical (unpaired) electrons. The lowest BCUT2D eigenvalue weighted by Crippen LogP contribution is -2.54. The highest BCUT2D eigenvalue weighted by molar-refractivity contribution is 7.87. The van der Waals surface area contributed by atoms with E-state index in [0.717, 1.165) is 17.3 Å². The second-order valence-corrected chi connectivity index (χ2v) is 6.68. The summed E-state index contributed by atoms with van der Waals surface area (Å²) in [5.74, 6) is 0.117. The summed E-state index contributed by atoms with van der Waals surface area (Å²) in [7, 11) is -4.06. The van der Waals surface area contributed by atoms with Gasteiger partial charge in [-0.2, -0.15) is 30.6 Å². The van der Waals surface area contributed by atoms with Crippen molar-refractivity contribution in [1.29, 1.82) is 0 Å². The Labute approximate surface area is 118 Å². The Morgan fingerprint density at radius 3 is 2.45 bits per heavy atom. The molecule has 120 valence electrons. The maximum Gasteiger partial charge on any atom is 0.402 e. The van der Waals surface area contributed by atoms with Gasteiger partial charge in [0.1, 0.15) is 6.54 Å². The summed E-state index contributed by atoms with van der Waals surface area (Å²) in [6, 6.07) is 0.221. The van der Waals surface area contributed by atoms with Crippen molar-refractivity contribution in [2.75, 3.05) is 26.2 Å². The van der Waals surface area contributed by atoms with Crippen LogP contribution in [0.3, 0.4) is 0 Å². The first-order chi connectivity index (χ1) is 9.19. The molecule has 5 nitrogen and oxygen atoms in total. The van der Waals surface area contributed by atoms with E-state index in [1.165, 1.54) is 0 Å². The first-order valence-corrected chi connectivity index (χ1v) is 8.18. The lowest BCUT2D eigenvalue weighted by Gasteiger charge is -2.37. The molecule has 1 aliphatic heterocycles. The first-order valence-electron chi connectivity index (χ1n) is 6.74. The van der Waals surface area contributed by atoms with Gasteiger partial charge in [-0.1, -0.05) is 20.3 Å². The van der Waals surface area contributed by atoms with E-state index in [2.05, 4.69) is 5.32 Å². The standard InChI is InChI=1S/C11H22F3N3O2S/c1-3-9-7-17(6-5-10(9)15-4-2)20(18,19)16-8-11(12,13)14/h9-10,15-16H,3-8H2,1-2H3. The van der Waals surface area contributed by atoms with Crippen molar-refractivity contribution >= 4 is 10.2 Å². The van der Waals surface area contributed by atoms with Gasteiger partial charge in [0, 0.05) is 19.1 Å². The predicted octanol–water partition coefficient (Wildman–Crippen LogP) is 1.09. The van der Waals surface area contributed by atoms with Crippen LogP contribution in [0.25, 0.3) is 0 Å². The summed E-state index contributed by atoms with van der Waals surface area (Å²) in [5.41, 5.74) is 0. The molecule has 20 heavy (non-hydrogen) atoms. The molecule has 0 spiro atoms. The topological polar surface area (TPSA) is 61.4 Å². The molecule has 0 amide bonds. The van der Waals surface area contributed by atoms with Crippen molar-refractivity contribution in [2.24, 2.45) is 5.92 Å². The number of hydrogen-bond acceptors (Lipinski definition) is 3. The van der Waals surface area contributed by atoms with Crippen LogP contribution in [0.4, 0.5) is 13.2 Å². The van der Waals surface area contributed by atoms with Crippen LogP contribution < -0.4 is 10.0 Å². The third-order valence-corrected chi connectivity index (χ3v) is 5.00. The molecular weight excluding hydrogens is 295 g/mol. The lowest BCUT2D eigenvalue weighted by atomic mass is 9.91. The number of rotatable bonds is 6. The molecule has 9 heteroatoms. The van der Waals surface area contributed by atoms with Gasteiger partial charge < -0.3 is 5.32 Å². The minimum Gasteiger partial charge on any atom is -0.314 e. The Bertz CT molecular complexity index is 400. The van der Waals surface area contributed by atoms with Crippen molar-refractivity contribution in [3.63, 3.8) is 0 Å². The molecular formula is C11H22F3N3O2S. The molecule has 0 bridgehead atoms. The van der Waals surface area contributed by atoms with Gasteiger partial charge in [0.25, 0.3) is 10.2 Å². The molecule has 1 aliphatic rings. The number of nitrogens with one attached hydrogen (secondary N) is 2. The first kappa shape index (κ1) is 17.7. The monoisotopic (exact) mass is 317 g/mol. The fraction of sp³-hybridized carbons (Fsp3) is 1.00. The second-order valence-electron chi connectivity index (χ2n) is 4.92. The molecule has 1 heterocycles. The van der Waals surface area contributed by atoms with E-state index >= 15 is 0 Å². The molecule has 0 saturated carbocycles. The van der Waals surface area contributed by atoms with Crippen LogP contribution in [0.1, 0.15) is 26.7 Å². The van der Waals surface area contributed by atoms with Crippen LogP contribution in [0.5, 0.6) is 0 Å².